The van der Waals surface area contributed by atoms with Crippen molar-refractivity contribution < 1.29 is 68.1 Å². The number of nitrogens with zero attached hydrogens (tertiary/aromatic N) is 2. The first-order valence-corrected chi connectivity index (χ1v) is 7.88. The fourth-order valence-electron chi connectivity index (χ4n) is 3.44. The zero-order valence-corrected chi connectivity index (χ0v) is 15.4. The van der Waals surface area contributed by atoms with Crippen LogP contribution in [0, 0.1) is 5.82 Å². The van der Waals surface area contributed by atoms with Crippen LogP contribution in [0.5, 0.6) is 0 Å². The van der Waals surface area contributed by atoms with Gasteiger partial charge in [-0.3, -0.25) is 4.57 Å². The molecular formula is C14H12FN3O14. The largest absolute Gasteiger partial charge is 0.507 e. The number of nitrogens with two attached hydrogens (primary N) is 1. The Kier molecular flexibility index (Phi) is 5.46. The summed E-state index contributed by atoms with van der Waals surface area (Å²) in [6.45, 7) is 0.580. The number of anilines is 1. The van der Waals surface area contributed by atoms with Gasteiger partial charge in [-0.25, -0.2) is 33.2 Å². The van der Waals surface area contributed by atoms with Crippen molar-refractivity contribution in [2.75, 3.05) is 5.73 Å². The number of aliphatic carboxylic acids is 3. The number of carbonyl (C=O) groups is 5. The van der Waals surface area contributed by atoms with Gasteiger partial charge in [0.15, 0.2) is 11.6 Å². The summed E-state index contributed by atoms with van der Waals surface area (Å²) < 4.78 is 26.9. The Bertz CT molecular complexity index is 1100. The predicted octanol–water partition coefficient (Wildman–Crippen LogP) is -1.84. The Morgan fingerprint density at radius 3 is 2.00 bits per heavy atom. The molecule has 7 N–H and O–H groups in total. The van der Waals surface area contributed by atoms with Crippen LogP contribution in [0.4, 0.5) is 19.8 Å². The summed E-state index contributed by atoms with van der Waals surface area (Å²) in [5.74, 6) is -10.8. The van der Waals surface area contributed by atoms with Gasteiger partial charge in [-0.2, -0.15) is 4.98 Å². The standard InChI is InChI=1S/C14H12FN3O14/c1-3-12(6(19)20,31-10(26)27)13(7(21)22,32-11(28)29)14(30-3,8(23)24)18-2-4(15)5(16)17-9(18)25/h2-3H,1H3,(H,19,20)(H,21,22)(H,23,24)(H,26,27)(H,28,29)(H2,16,17,25)/t3-,12+,13-,14-/m1/s1. The van der Waals surface area contributed by atoms with Crippen LogP contribution in [0.25, 0.3) is 0 Å². The second-order valence-electron chi connectivity index (χ2n) is 6.10. The highest BCUT2D eigenvalue weighted by Crippen LogP contribution is 2.54. The van der Waals surface area contributed by atoms with E-state index < -0.39 is 75.1 Å². The van der Waals surface area contributed by atoms with E-state index in [2.05, 4.69) is 14.5 Å². The van der Waals surface area contributed by atoms with Crippen LogP contribution in [0.15, 0.2) is 11.0 Å². The van der Waals surface area contributed by atoms with Gasteiger partial charge in [0.25, 0.3) is 5.60 Å². The summed E-state index contributed by atoms with van der Waals surface area (Å²) in [6.07, 6.45) is -7.74. The second kappa shape index (κ2) is 7.34. The molecule has 1 aliphatic rings. The molecule has 0 amide bonds. The Morgan fingerprint density at radius 2 is 1.59 bits per heavy atom. The molecule has 1 aromatic heterocycles. The number of aromatic nitrogens is 2. The number of carboxylic acid groups (broad SMARTS) is 5. The average molecular weight is 465 g/mol. The topological polar surface area (TPSA) is 275 Å². The van der Waals surface area contributed by atoms with Gasteiger partial charge in [0.1, 0.15) is 6.10 Å². The Balaban J connectivity index is 3.23. The quantitative estimate of drug-likeness (QED) is 0.252. The zero-order chi connectivity index (χ0) is 24.8. The van der Waals surface area contributed by atoms with E-state index >= 15 is 0 Å². The molecule has 1 aromatic rings. The lowest BCUT2D eigenvalue weighted by Gasteiger charge is -2.41. The minimum atomic E-state index is -4.42. The molecule has 18 heteroatoms. The van der Waals surface area contributed by atoms with E-state index in [9.17, 15) is 48.5 Å². The molecule has 2 rings (SSSR count). The van der Waals surface area contributed by atoms with Crippen LogP contribution in [-0.2, 0) is 34.3 Å². The van der Waals surface area contributed by atoms with Crippen LogP contribution < -0.4 is 11.4 Å². The van der Waals surface area contributed by atoms with Crippen LogP contribution in [0.2, 0.25) is 0 Å². The molecule has 174 valence electrons. The van der Waals surface area contributed by atoms with Gasteiger partial charge in [-0.15, -0.1) is 0 Å². The summed E-state index contributed by atoms with van der Waals surface area (Å²) in [6, 6.07) is 0. The molecule has 0 radical (unpaired) electrons. The second-order valence-corrected chi connectivity index (χ2v) is 6.10. The molecule has 0 saturated carbocycles. The Labute approximate surface area is 173 Å². The number of halogens is 1. The third-order valence-electron chi connectivity index (χ3n) is 4.57. The van der Waals surface area contributed by atoms with Crippen LogP contribution >= 0.6 is 0 Å². The van der Waals surface area contributed by atoms with Gasteiger partial charge in [-0.1, -0.05) is 0 Å². The van der Waals surface area contributed by atoms with Crippen LogP contribution in [-0.4, -0.2) is 82.6 Å². The van der Waals surface area contributed by atoms with Gasteiger partial charge < -0.3 is 45.5 Å². The lowest BCUT2D eigenvalue weighted by atomic mass is 9.74. The summed E-state index contributed by atoms with van der Waals surface area (Å²) >= 11 is 0. The van der Waals surface area contributed by atoms with Crippen molar-refractivity contribution in [3.63, 3.8) is 0 Å². The van der Waals surface area contributed by atoms with Gasteiger partial charge in [0, 0.05) is 0 Å². The number of rotatable bonds is 6. The minimum Gasteiger partial charge on any atom is -0.478 e. The Morgan fingerprint density at radius 1 is 1.06 bits per heavy atom. The molecule has 17 nitrogen and oxygen atoms in total. The van der Waals surface area contributed by atoms with Gasteiger partial charge >= 0.3 is 47.2 Å². The van der Waals surface area contributed by atoms with Crippen molar-refractivity contribution in [3.05, 3.63) is 22.5 Å². The number of ether oxygens (including phenoxy) is 3. The molecule has 1 fully saturated rings. The molecule has 0 unspecified atom stereocenters. The van der Waals surface area contributed by atoms with E-state index in [1.807, 2.05) is 0 Å². The fourth-order valence-corrected chi connectivity index (χ4v) is 3.44. The molecular weight excluding hydrogens is 453 g/mol. The highest BCUT2D eigenvalue weighted by Gasteiger charge is 2.90. The molecule has 0 aliphatic carbocycles. The van der Waals surface area contributed by atoms with E-state index in [4.69, 9.17) is 20.7 Å². The van der Waals surface area contributed by atoms with Crippen LogP contribution in [0.3, 0.4) is 0 Å². The molecule has 4 atom stereocenters. The lowest BCUT2D eigenvalue weighted by molar-refractivity contribution is -0.237. The molecule has 1 saturated heterocycles. The van der Waals surface area contributed by atoms with Gasteiger partial charge in [-0.05, 0) is 6.92 Å². The third-order valence-corrected chi connectivity index (χ3v) is 4.57. The van der Waals surface area contributed by atoms with E-state index in [1.54, 1.807) is 0 Å². The summed E-state index contributed by atoms with van der Waals surface area (Å²) in [4.78, 5) is 74.7. The maximum absolute atomic E-state index is 14.1. The SMILES string of the molecule is C[C@H]1O[C@@](C(=O)O)(n2cc(F)c(N)nc2=O)[C@@](OC(=O)O)(C(=O)O)[C@@]1(OC(=O)O)C(=O)O. The normalized spacial score (nSPS) is 29.1. The summed E-state index contributed by atoms with van der Waals surface area (Å²) in [5, 5.41) is 47.6. The van der Waals surface area contributed by atoms with Crippen molar-refractivity contribution >= 4 is 36.0 Å². The average Bonchev–Trinajstić information content (AvgIpc) is 2.85. The lowest BCUT2D eigenvalue weighted by Crippen LogP contribution is -2.76. The maximum Gasteiger partial charge on any atom is 0.507 e. The Hall–Kier alpha value is -4.48. The predicted molar refractivity (Wildman–Crippen MR) is 88.0 cm³/mol. The number of hydrogen-bond donors (Lipinski definition) is 6. The molecule has 2 heterocycles. The summed E-state index contributed by atoms with van der Waals surface area (Å²) in [7, 11) is 0. The smallest absolute Gasteiger partial charge is 0.478 e. The van der Waals surface area contributed by atoms with Gasteiger partial charge in [0.05, 0.1) is 6.20 Å². The molecule has 0 bridgehead atoms. The first-order chi connectivity index (χ1) is 14.6. The first kappa shape index (κ1) is 23.8. The minimum absolute atomic E-state index is 0.0763. The highest BCUT2D eigenvalue weighted by molar-refractivity contribution is 6.01. The van der Waals surface area contributed by atoms with Crippen molar-refractivity contribution in [2.24, 2.45) is 0 Å². The molecule has 1 aliphatic heterocycles. The van der Waals surface area contributed by atoms with Crippen molar-refractivity contribution in [1.82, 2.24) is 9.55 Å². The van der Waals surface area contributed by atoms with Crippen molar-refractivity contribution in [2.45, 2.75) is 30.0 Å². The third kappa shape index (κ3) is 2.76. The van der Waals surface area contributed by atoms with E-state index in [0.29, 0.717) is 6.92 Å². The zero-order valence-electron chi connectivity index (χ0n) is 15.4. The fraction of sp³-hybridized carbons (Fsp3) is 0.357. The number of nitrogen functional groups attached to an aromatic ring is 1. The molecule has 32 heavy (non-hydrogen) atoms. The monoisotopic (exact) mass is 465 g/mol. The first-order valence-electron chi connectivity index (χ1n) is 7.88. The van der Waals surface area contributed by atoms with E-state index in [1.165, 1.54) is 0 Å². The maximum atomic E-state index is 14.1. The van der Waals surface area contributed by atoms with Gasteiger partial charge in [0.2, 0.25) is 0 Å². The van der Waals surface area contributed by atoms with Crippen LogP contribution in [0.1, 0.15) is 6.92 Å². The molecule has 0 spiro atoms. The number of hydrogen-bond acceptors (Lipinski definition) is 11. The molecule has 0 aromatic carbocycles. The van der Waals surface area contributed by atoms with E-state index in [0.717, 1.165) is 0 Å². The van der Waals surface area contributed by atoms with Crippen molar-refractivity contribution in [1.29, 1.82) is 0 Å². The summed E-state index contributed by atoms with van der Waals surface area (Å²) in [5.41, 5.74) is -9.30. The van der Waals surface area contributed by atoms with Crippen molar-refractivity contribution in [3.8, 4) is 0 Å². The highest BCUT2D eigenvalue weighted by atomic mass is 19.1. The number of carboxylic acids is 3. The van der Waals surface area contributed by atoms with E-state index in [-0.39, 0.29) is 6.20 Å².